The summed E-state index contributed by atoms with van der Waals surface area (Å²) in [5.41, 5.74) is 1.04. The third kappa shape index (κ3) is 2.72. The van der Waals surface area contributed by atoms with Crippen LogP contribution in [0.1, 0.15) is 24.8 Å². The third-order valence-corrected chi connectivity index (χ3v) is 4.91. The van der Waals surface area contributed by atoms with Crippen LogP contribution < -0.4 is 4.74 Å². The molecule has 1 aromatic rings. The van der Waals surface area contributed by atoms with E-state index in [1.807, 2.05) is 24.3 Å². The lowest BCUT2D eigenvalue weighted by atomic mass is 9.95. The number of benzene rings is 1. The molecule has 0 saturated heterocycles. The number of carbonyl (C=O) groups is 1. The second-order valence-electron chi connectivity index (χ2n) is 4.40. The maximum absolute atomic E-state index is 12.0. The van der Waals surface area contributed by atoms with Gasteiger partial charge in [-0.05, 0) is 25.0 Å². The highest BCUT2D eigenvalue weighted by Gasteiger charge is 2.27. The largest absolute Gasteiger partial charge is 0.493 e. The second kappa shape index (κ2) is 5.52. The van der Waals surface area contributed by atoms with E-state index in [-0.39, 0.29) is 5.92 Å². The smallest absolute Gasteiger partial charge is 0.318 e. The van der Waals surface area contributed by atoms with Crippen molar-refractivity contribution in [2.75, 3.05) is 12.4 Å². The van der Waals surface area contributed by atoms with Crippen molar-refractivity contribution in [3.63, 3.8) is 0 Å². The van der Waals surface area contributed by atoms with E-state index in [0.29, 0.717) is 12.4 Å². The van der Waals surface area contributed by atoms with Crippen LogP contribution in [-0.4, -0.2) is 32.9 Å². The number of fused-ring (bicyclic) bond motifs is 1. The van der Waals surface area contributed by atoms with Gasteiger partial charge in [0.05, 0.1) is 6.61 Å². The number of rotatable bonds is 4. The zero-order valence-electron chi connectivity index (χ0n) is 10.2. The molecule has 4 nitrogen and oxygen atoms in total. The minimum atomic E-state index is -1.35. The van der Waals surface area contributed by atoms with E-state index in [2.05, 4.69) is 0 Å². The number of ether oxygens (including phenoxy) is 1. The molecular formula is C13H16O4S. The van der Waals surface area contributed by atoms with Crippen molar-refractivity contribution < 1.29 is 18.8 Å². The van der Waals surface area contributed by atoms with Crippen molar-refractivity contribution in [1.29, 1.82) is 0 Å². The van der Waals surface area contributed by atoms with Crippen LogP contribution in [0.15, 0.2) is 24.3 Å². The van der Waals surface area contributed by atoms with E-state index in [4.69, 9.17) is 9.84 Å². The molecule has 0 aromatic heterocycles. The van der Waals surface area contributed by atoms with Crippen molar-refractivity contribution in [2.45, 2.75) is 24.5 Å². The lowest BCUT2D eigenvalue weighted by molar-refractivity contribution is -0.136. The highest BCUT2D eigenvalue weighted by atomic mass is 32.2. The van der Waals surface area contributed by atoms with Gasteiger partial charge in [0.15, 0.2) is 0 Å². The van der Waals surface area contributed by atoms with Gasteiger partial charge in [0, 0.05) is 22.5 Å². The van der Waals surface area contributed by atoms with E-state index in [9.17, 15) is 9.00 Å². The van der Waals surface area contributed by atoms with Crippen LogP contribution in [0.3, 0.4) is 0 Å². The summed E-state index contributed by atoms with van der Waals surface area (Å²) in [6.45, 7) is 2.09. The van der Waals surface area contributed by atoms with Gasteiger partial charge in [0.25, 0.3) is 0 Å². The Morgan fingerprint density at radius 3 is 3.00 bits per heavy atom. The summed E-state index contributed by atoms with van der Waals surface area (Å²) in [7, 11) is -1.35. The van der Waals surface area contributed by atoms with Crippen LogP contribution >= 0.6 is 0 Å². The lowest BCUT2D eigenvalue weighted by Crippen LogP contribution is -2.28. The molecule has 1 aliphatic rings. The minimum absolute atomic E-state index is 0.123. The summed E-state index contributed by atoms with van der Waals surface area (Å²) in [5, 5.41) is 8.04. The SMILES string of the molecule is CC(C(=O)O)S(=O)CC1CCOc2ccccc21. The van der Waals surface area contributed by atoms with Gasteiger partial charge in [0.1, 0.15) is 11.0 Å². The van der Waals surface area contributed by atoms with Crippen LogP contribution in [0.5, 0.6) is 5.75 Å². The number of hydrogen-bond donors (Lipinski definition) is 1. The molecule has 18 heavy (non-hydrogen) atoms. The highest BCUT2D eigenvalue weighted by Crippen LogP contribution is 2.34. The first-order valence-electron chi connectivity index (χ1n) is 5.91. The Hall–Kier alpha value is -1.36. The van der Waals surface area contributed by atoms with Crippen molar-refractivity contribution in [1.82, 2.24) is 0 Å². The molecule has 0 bridgehead atoms. The van der Waals surface area contributed by atoms with Gasteiger partial charge in [-0.2, -0.15) is 0 Å². The average Bonchev–Trinajstić information content (AvgIpc) is 2.38. The number of para-hydroxylation sites is 1. The summed E-state index contributed by atoms with van der Waals surface area (Å²) in [5.74, 6) is 0.327. The van der Waals surface area contributed by atoms with E-state index in [1.54, 1.807) is 0 Å². The molecule has 0 spiro atoms. The Bertz CT molecular complexity index is 472. The summed E-state index contributed by atoms with van der Waals surface area (Å²) in [4.78, 5) is 10.8. The Kier molecular flexibility index (Phi) is 4.01. The monoisotopic (exact) mass is 268 g/mol. The maximum atomic E-state index is 12.0. The summed E-state index contributed by atoms with van der Waals surface area (Å²) >= 11 is 0. The fourth-order valence-corrected chi connectivity index (χ4v) is 3.30. The van der Waals surface area contributed by atoms with Gasteiger partial charge in [-0.3, -0.25) is 9.00 Å². The molecule has 0 aliphatic carbocycles. The Labute approximate surface area is 108 Å². The average molecular weight is 268 g/mol. The number of carboxylic acid groups (broad SMARTS) is 1. The van der Waals surface area contributed by atoms with Crippen molar-refractivity contribution in [3.05, 3.63) is 29.8 Å². The lowest BCUT2D eigenvalue weighted by Gasteiger charge is -2.25. The molecule has 1 N–H and O–H groups in total. The predicted octanol–water partition coefficient (Wildman–Crippen LogP) is 1.77. The normalized spacial score (nSPS) is 21.5. The first kappa shape index (κ1) is 13.1. The van der Waals surface area contributed by atoms with Gasteiger partial charge in [-0.1, -0.05) is 18.2 Å². The van der Waals surface area contributed by atoms with E-state index in [0.717, 1.165) is 17.7 Å². The first-order valence-corrected chi connectivity index (χ1v) is 7.29. The first-order chi connectivity index (χ1) is 8.59. The van der Waals surface area contributed by atoms with Crippen LogP contribution in [0.2, 0.25) is 0 Å². The second-order valence-corrected chi connectivity index (χ2v) is 6.20. The highest BCUT2D eigenvalue weighted by molar-refractivity contribution is 7.86. The van der Waals surface area contributed by atoms with Crippen LogP contribution in [0.4, 0.5) is 0 Å². The molecule has 0 saturated carbocycles. The molecule has 98 valence electrons. The van der Waals surface area contributed by atoms with Gasteiger partial charge in [0.2, 0.25) is 0 Å². The number of aliphatic carboxylic acids is 1. The molecule has 2 rings (SSSR count). The van der Waals surface area contributed by atoms with Crippen LogP contribution in [0.25, 0.3) is 0 Å². The van der Waals surface area contributed by atoms with Gasteiger partial charge < -0.3 is 9.84 Å². The Balaban J connectivity index is 2.12. The molecule has 1 aromatic carbocycles. The molecule has 3 atom stereocenters. The van der Waals surface area contributed by atoms with Gasteiger partial charge >= 0.3 is 5.97 Å². The zero-order valence-corrected chi connectivity index (χ0v) is 11.0. The Morgan fingerprint density at radius 2 is 2.28 bits per heavy atom. The molecular weight excluding hydrogens is 252 g/mol. The maximum Gasteiger partial charge on any atom is 0.318 e. The molecule has 0 radical (unpaired) electrons. The fraction of sp³-hybridized carbons (Fsp3) is 0.462. The topological polar surface area (TPSA) is 63.6 Å². The molecule has 3 unspecified atom stereocenters. The number of hydrogen-bond acceptors (Lipinski definition) is 3. The quantitative estimate of drug-likeness (QED) is 0.904. The predicted molar refractivity (Wildman–Crippen MR) is 69.4 cm³/mol. The number of carboxylic acids is 1. The molecule has 0 fully saturated rings. The summed E-state index contributed by atoms with van der Waals surface area (Å²) in [6.07, 6.45) is 0.787. The van der Waals surface area contributed by atoms with E-state index in [1.165, 1.54) is 6.92 Å². The summed E-state index contributed by atoms with van der Waals surface area (Å²) < 4.78 is 17.5. The fourth-order valence-electron chi connectivity index (χ4n) is 2.04. The summed E-state index contributed by atoms with van der Waals surface area (Å²) in [6, 6.07) is 7.68. The van der Waals surface area contributed by atoms with Crippen molar-refractivity contribution in [3.8, 4) is 5.75 Å². The minimum Gasteiger partial charge on any atom is -0.493 e. The van der Waals surface area contributed by atoms with Crippen molar-refractivity contribution in [2.24, 2.45) is 0 Å². The van der Waals surface area contributed by atoms with Crippen LogP contribution in [0, 0.1) is 0 Å². The van der Waals surface area contributed by atoms with Gasteiger partial charge in [-0.15, -0.1) is 0 Å². The Morgan fingerprint density at radius 1 is 1.56 bits per heavy atom. The van der Waals surface area contributed by atoms with Crippen LogP contribution in [-0.2, 0) is 15.6 Å². The molecule has 1 heterocycles. The third-order valence-electron chi connectivity index (χ3n) is 3.19. The van der Waals surface area contributed by atoms with E-state index < -0.39 is 22.0 Å². The van der Waals surface area contributed by atoms with Gasteiger partial charge in [-0.25, -0.2) is 0 Å². The zero-order chi connectivity index (χ0) is 13.1. The van der Waals surface area contributed by atoms with E-state index >= 15 is 0 Å². The van der Waals surface area contributed by atoms with Crippen molar-refractivity contribution >= 4 is 16.8 Å². The molecule has 1 aliphatic heterocycles. The molecule has 5 heteroatoms. The standard InChI is InChI=1S/C13H16O4S/c1-9(13(14)15)18(16)8-10-6-7-17-12-5-3-2-4-11(10)12/h2-5,9-10H,6-8H2,1H3,(H,14,15). The molecule has 0 amide bonds.